The van der Waals surface area contributed by atoms with Gasteiger partial charge in [-0.1, -0.05) is 0 Å². The third kappa shape index (κ3) is 10.6. The molecular weight excluding hydrogens is 218 g/mol. The van der Waals surface area contributed by atoms with E-state index in [0.717, 1.165) is 12.2 Å². The summed E-state index contributed by atoms with van der Waals surface area (Å²) in [6.45, 7) is 1.92. The van der Waals surface area contributed by atoms with Crippen molar-refractivity contribution in [3.63, 3.8) is 0 Å². The van der Waals surface area contributed by atoms with Crippen LogP contribution in [0.15, 0.2) is 12.2 Å². The standard InChI is InChI=1S/C9H13NO4S/c1-7(11)6-15-5-4-10-8(12)2-3-9(13)14/h2-3H,4-6H2,1H3,(H,10,12)(H,13,14)/b3-2+. The second-order valence-electron chi connectivity index (χ2n) is 2.72. The Hall–Kier alpha value is -1.30. The van der Waals surface area contributed by atoms with Crippen LogP contribution in [0.2, 0.25) is 0 Å². The van der Waals surface area contributed by atoms with Crippen LogP contribution in [0.5, 0.6) is 0 Å². The first-order valence-electron chi connectivity index (χ1n) is 4.28. The van der Waals surface area contributed by atoms with Crippen molar-refractivity contribution in [3.05, 3.63) is 12.2 Å². The van der Waals surface area contributed by atoms with Crippen molar-refractivity contribution in [2.24, 2.45) is 0 Å². The van der Waals surface area contributed by atoms with Crippen LogP contribution in [0.4, 0.5) is 0 Å². The molecule has 0 radical (unpaired) electrons. The van der Waals surface area contributed by atoms with Gasteiger partial charge in [0.05, 0.1) is 5.75 Å². The number of aliphatic carboxylic acids is 1. The minimum absolute atomic E-state index is 0.0945. The number of ketones is 1. The number of thioether (sulfide) groups is 1. The highest BCUT2D eigenvalue weighted by molar-refractivity contribution is 7.99. The van der Waals surface area contributed by atoms with Gasteiger partial charge in [-0.3, -0.25) is 9.59 Å². The van der Waals surface area contributed by atoms with Gasteiger partial charge in [-0.15, -0.1) is 0 Å². The molecule has 15 heavy (non-hydrogen) atoms. The van der Waals surface area contributed by atoms with E-state index < -0.39 is 11.9 Å². The highest BCUT2D eigenvalue weighted by Crippen LogP contribution is 1.97. The predicted molar refractivity (Wildman–Crippen MR) is 57.8 cm³/mol. The van der Waals surface area contributed by atoms with E-state index in [2.05, 4.69) is 5.32 Å². The zero-order valence-electron chi connectivity index (χ0n) is 8.36. The normalized spacial score (nSPS) is 10.2. The Balaban J connectivity index is 3.47. The molecule has 0 aromatic carbocycles. The minimum atomic E-state index is -1.16. The molecule has 1 amide bonds. The largest absolute Gasteiger partial charge is 0.478 e. The molecular formula is C9H13NO4S. The molecule has 0 aromatic rings. The number of amides is 1. The quantitative estimate of drug-likeness (QED) is 0.478. The summed E-state index contributed by atoms with van der Waals surface area (Å²) >= 11 is 1.42. The summed E-state index contributed by atoms with van der Waals surface area (Å²) in [7, 11) is 0. The summed E-state index contributed by atoms with van der Waals surface area (Å²) in [5.41, 5.74) is 0. The van der Waals surface area contributed by atoms with Gasteiger partial charge >= 0.3 is 5.97 Å². The number of hydrogen-bond donors (Lipinski definition) is 2. The summed E-state index contributed by atoms with van der Waals surface area (Å²) in [6.07, 6.45) is 1.73. The lowest BCUT2D eigenvalue weighted by molar-refractivity contribution is -0.131. The van der Waals surface area contributed by atoms with Crippen molar-refractivity contribution in [3.8, 4) is 0 Å². The smallest absolute Gasteiger partial charge is 0.328 e. The van der Waals surface area contributed by atoms with Crippen LogP contribution >= 0.6 is 11.8 Å². The van der Waals surface area contributed by atoms with E-state index in [1.54, 1.807) is 0 Å². The number of carboxylic acid groups (broad SMARTS) is 1. The first-order chi connectivity index (χ1) is 7.02. The van der Waals surface area contributed by atoms with Gasteiger partial charge in [0.2, 0.25) is 5.91 Å². The van der Waals surface area contributed by atoms with Crippen molar-refractivity contribution in [1.82, 2.24) is 5.32 Å². The van der Waals surface area contributed by atoms with Crippen LogP contribution in [0.1, 0.15) is 6.92 Å². The first-order valence-corrected chi connectivity index (χ1v) is 5.44. The molecule has 0 bridgehead atoms. The summed E-state index contributed by atoms with van der Waals surface area (Å²) in [5.74, 6) is -0.443. The lowest BCUT2D eigenvalue weighted by Crippen LogP contribution is -2.24. The van der Waals surface area contributed by atoms with E-state index >= 15 is 0 Å². The third-order valence-electron chi connectivity index (χ3n) is 1.23. The highest BCUT2D eigenvalue weighted by atomic mass is 32.2. The van der Waals surface area contributed by atoms with Gasteiger partial charge in [-0.25, -0.2) is 4.79 Å². The van der Waals surface area contributed by atoms with E-state index in [1.807, 2.05) is 0 Å². The second kappa shape index (κ2) is 8.05. The summed E-state index contributed by atoms with van der Waals surface area (Å²) < 4.78 is 0. The van der Waals surface area contributed by atoms with Crippen LogP contribution in [0, 0.1) is 0 Å². The molecule has 0 spiro atoms. The van der Waals surface area contributed by atoms with Gasteiger partial charge in [0.15, 0.2) is 0 Å². The Morgan fingerprint density at radius 2 is 2.00 bits per heavy atom. The predicted octanol–water partition coefficient (Wildman–Crippen LogP) is 0.0656. The fourth-order valence-corrected chi connectivity index (χ4v) is 1.35. The average molecular weight is 231 g/mol. The molecule has 0 aromatic heterocycles. The van der Waals surface area contributed by atoms with E-state index in [1.165, 1.54) is 18.7 Å². The Kier molecular flexibility index (Phi) is 7.35. The van der Waals surface area contributed by atoms with Crippen LogP contribution in [0.3, 0.4) is 0 Å². The van der Waals surface area contributed by atoms with E-state index in [4.69, 9.17) is 5.11 Å². The molecule has 0 aliphatic carbocycles. The highest BCUT2D eigenvalue weighted by Gasteiger charge is 1.97. The maximum absolute atomic E-state index is 10.9. The number of carbonyl (C=O) groups excluding carboxylic acids is 2. The lowest BCUT2D eigenvalue weighted by atomic mass is 10.4. The number of Topliss-reactive ketones (excluding diaryl/α,β-unsaturated/α-hetero) is 1. The van der Waals surface area contributed by atoms with E-state index in [0.29, 0.717) is 18.1 Å². The summed E-state index contributed by atoms with van der Waals surface area (Å²) in [4.78, 5) is 31.5. The molecule has 84 valence electrons. The third-order valence-corrected chi connectivity index (χ3v) is 2.33. The van der Waals surface area contributed by atoms with Crippen LogP contribution in [0.25, 0.3) is 0 Å². The molecule has 0 fully saturated rings. The van der Waals surface area contributed by atoms with Crippen molar-refractivity contribution in [1.29, 1.82) is 0 Å². The van der Waals surface area contributed by atoms with Crippen molar-refractivity contribution in [2.75, 3.05) is 18.1 Å². The lowest BCUT2D eigenvalue weighted by Gasteiger charge is -2.00. The topological polar surface area (TPSA) is 83.5 Å². The van der Waals surface area contributed by atoms with Gasteiger partial charge in [-0.2, -0.15) is 11.8 Å². The number of hydrogen-bond acceptors (Lipinski definition) is 4. The Labute approximate surface area is 91.9 Å². The average Bonchev–Trinajstić information content (AvgIpc) is 2.13. The number of carboxylic acids is 1. The van der Waals surface area contributed by atoms with Crippen molar-refractivity contribution >= 4 is 29.4 Å². The van der Waals surface area contributed by atoms with Crippen molar-refractivity contribution in [2.45, 2.75) is 6.92 Å². The van der Waals surface area contributed by atoms with Crippen LogP contribution in [-0.2, 0) is 14.4 Å². The zero-order chi connectivity index (χ0) is 11.7. The molecule has 0 aliphatic rings. The summed E-state index contributed by atoms with van der Waals surface area (Å²) in [6, 6.07) is 0. The fraction of sp³-hybridized carbons (Fsp3) is 0.444. The van der Waals surface area contributed by atoms with Crippen LogP contribution < -0.4 is 5.32 Å². The zero-order valence-corrected chi connectivity index (χ0v) is 9.17. The Bertz CT molecular complexity index is 275. The molecule has 5 nitrogen and oxygen atoms in total. The first kappa shape index (κ1) is 13.7. The Morgan fingerprint density at radius 1 is 1.33 bits per heavy atom. The van der Waals surface area contributed by atoms with Gasteiger partial charge < -0.3 is 10.4 Å². The van der Waals surface area contributed by atoms with Gasteiger partial charge in [0.1, 0.15) is 5.78 Å². The van der Waals surface area contributed by atoms with Gasteiger partial charge in [0.25, 0.3) is 0 Å². The molecule has 0 atom stereocenters. The maximum Gasteiger partial charge on any atom is 0.328 e. The molecule has 0 saturated carbocycles. The second-order valence-corrected chi connectivity index (χ2v) is 3.82. The monoisotopic (exact) mass is 231 g/mol. The fourth-order valence-electron chi connectivity index (χ4n) is 0.668. The number of nitrogens with one attached hydrogen (secondary N) is 1. The SMILES string of the molecule is CC(=O)CSCCNC(=O)/C=C/C(=O)O. The summed E-state index contributed by atoms with van der Waals surface area (Å²) in [5, 5.41) is 10.7. The van der Waals surface area contributed by atoms with Crippen molar-refractivity contribution < 1.29 is 19.5 Å². The Morgan fingerprint density at radius 3 is 2.53 bits per heavy atom. The van der Waals surface area contributed by atoms with Gasteiger partial charge in [-0.05, 0) is 6.92 Å². The molecule has 0 aliphatic heterocycles. The van der Waals surface area contributed by atoms with Gasteiger partial charge in [0, 0.05) is 24.4 Å². The van der Waals surface area contributed by atoms with E-state index in [-0.39, 0.29) is 5.78 Å². The molecule has 0 rings (SSSR count). The maximum atomic E-state index is 10.9. The number of carbonyl (C=O) groups is 3. The van der Waals surface area contributed by atoms with E-state index in [9.17, 15) is 14.4 Å². The minimum Gasteiger partial charge on any atom is -0.478 e. The van der Waals surface area contributed by atoms with Crippen LogP contribution in [-0.4, -0.2) is 40.8 Å². The molecule has 2 N–H and O–H groups in total. The molecule has 0 unspecified atom stereocenters. The molecule has 6 heteroatoms. The number of rotatable bonds is 7. The molecule has 0 saturated heterocycles. The molecule has 0 heterocycles.